The van der Waals surface area contributed by atoms with Gasteiger partial charge in [0.1, 0.15) is 5.69 Å². The predicted molar refractivity (Wildman–Crippen MR) is 129 cm³/mol. The Hall–Kier alpha value is -4.39. The third-order valence-electron chi connectivity index (χ3n) is 5.24. The molecule has 4 aromatic rings. The lowest BCUT2D eigenvalue weighted by atomic mass is 10.0. The first-order valence-electron chi connectivity index (χ1n) is 10.4. The van der Waals surface area contributed by atoms with Gasteiger partial charge in [-0.1, -0.05) is 54.6 Å². The van der Waals surface area contributed by atoms with Crippen molar-refractivity contribution >= 4 is 11.6 Å². The van der Waals surface area contributed by atoms with E-state index in [0.29, 0.717) is 28.6 Å². The van der Waals surface area contributed by atoms with Crippen molar-refractivity contribution in [1.29, 1.82) is 0 Å². The minimum absolute atomic E-state index is 0.320. The summed E-state index contributed by atoms with van der Waals surface area (Å²) in [5.74, 6) is 0.835. The Balaban J connectivity index is 1.45. The second kappa shape index (κ2) is 9.82. The van der Waals surface area contributed by atoms with Crippen LogP contribution in [0.25, 0.3) is 22.4 Å². The molecule has 33 heavy (non-hydrogen) atoms. The average molecular weight is 441 g/mol. The van der Waals surface area contributed by atoms with Gasteiger partial charge in [-0.25, -0.2) is 5.43 Å². The van der Waals surface area contributed by atoms with E-state index in [1.54, 1.807) is 39.3 Å². The molecule has 0 aliphatic rings. The molecule has 0 fully saturated rings. The van der Waals surface area contributed by atoms with E-state index in [9.17, 15) is 4.79 Å². The molecule has 0 spiro atoms. The number of methoxy groups -OCH3 is 2. The number of nitrogens with one attached hydrogen (secondary N) is 2. The van der Waals surface area contributed by atoms with Crippen LogP contribution in [0.5, 0.6) is 11.5 Å². The zero-order valence-corrected chi connectivity index (χ0v) is 18.6. The van der Waals surface area contributed by atoms with Gasteiger partial charge >= 0.3 is 0 Å². The van der Waals surface area contributed by atoms with Gasteiger partial charge in [-0.3, -0.25) is 9.89 Å². The maximum Gasteiger partial charge on any atom is 0.289 e. The molecular weight excluding hydrogens is 416 g/mol. The van der Waals surface area contributed by atoms with E-state index in [-0.39, 0.29) is 5.91 Å². The van der Waals surface area contributed by atoms with Crippen LogP contribution >= 0.6 is 0 Å². The van der Waals surface area contributed by atoms with E-state index < -0.39 is 0 Å². The Kier molecular flexibility index (Phi) is 6.50. The smallest absolute Gasteiger partial charge is 0.289 e. The Bertz CT molecular complexity index is 1280. The molecule has 0 saturated heterocycles. The zero-order valence-electron chi connectivity index (χ0n) is 18.6. The fourth-order valence-corrected chi connectivity index (χ4v) is 3.37. The highest BCUT2D eigenvalue weighted by Gasteiger charge is 2.12. The SMILES string of the molecule is COc1ccc(/C(C)=N\NC(=O)c2cc(-c3ccc(-c4ccccc4)cc3)n[nH]2)cc1OC. The van der Waals surface area contributed by atoms with Gasteiger partial charge in [-0.2, -0.15) is 10.2 Å². The number of hydrogen-bond acceptors (Lipinski definition) is 5. The van der Waals surface area contributed by atoms with Crippen LogP contribution in [0.3, 0.4) is 0 Å². The van der Waals surface area contributed by atoms with Crippen molar-refractivity contribution in [2.24, 2.45) is 5.10 Å². The van der Waals surface area contributed by atoms with Gasteiger partial charge in [0.05, 0.1) is 25.6 Å². The number of amides is 1. The summed E-state index contributed by atoms with van der Waals surface area (Å²) < 4.78 is 10.6. The lowest BCUT2D eigenvalue weighted by Crippen LogP contribution is -2.19. The lowest BCUT2D eigenvalue weighted by Gasteiger charge is -2.09. The van der Waals surface area contributed by atoms with E-state index >= 15 is 0 Å². The number of carbonyl (C=O) groups excluding carboxylic acids is 1. The molecular formula is C26H24N4O3. The van der Waals surface area contributed by atoms with E-state index in [1.807, 2.05) is 48.5 Å². The predicted octanol–water partition coefficient (Wildman–Crippen LogP) is 4.91. The highest BCUT2D eigenvalue weighted by atomic mass is 16.5. The molecule has 0 bridgehead atoms. The maximum absolute atomic E-state index is 12.6. The molecule has 0 unspecified atom stereocenters. The first kappa shape index (κ1) is 21.8. The number of aromatic amines is 1. The summed E-state index contributed by atoms with van der Waals surface area (Å²) >= 11 is 0. The van der Waals surface area contributed by atoms with Crippen molar-refractivity contribution in [3.05, 3.63) is 90.1 Å². The molecule has 4 rings (SSSR count). The molecule has 0 radical (unpaired) electrons. The second-order valence-corrected chi connectivity index (χ2v) is 7.32. The summed E-state index contributed by atoms with van der Waals surface area (Å²) in [4.78, 5) is 12.6. The summed E-state index contributed by atoms with van der Waals surface area (Å²) in [6.07, 6.45) is 0. The van der Waals surface area contributed by atoms with E-state index in [1.165, 1.54) is 0 Å². The fraction of sp³-hybridized carbons (Fsp3) is 0.115. The van der Waals surface area contributed by atoms with Crippen LogP contribution in [-0.4, -0.2) is 36.0 Å². The Morgan fingerprint density at radius 2 is 1.52 bits per heavy atom. The number of aromatic nitrogens is 2. The van der Waals surface area contributed by atoms with Crippen LogP contribution in [0.15, 0.2) is 84.0 Å². The number of nitrogens with zero attached hydrogens (tertiary/aromatic N) is 2. The quantitative estimate of drug-likeness (QED) is 0.316. The normalized spacial score (nSPS) is 11.2. The minimum atomic E-state index is -0.380. The second-order valence-electron chi connectivity index (χ2n) is 7.32. The van der Waals surface area contributed by atoms with Crippen LogP contribution in [0.2, 0.25) is 0 Å². The van der Waals surface area contributed by atoms with Crippen LogP contribution in [-0.2, 0) is 0 Å². The van der Waals surface area contributed by atoms with Crippen molar-refractivity contribution in [3.63, 3.8) is 0 Å². The average Bonchev–Trinajstić information content (AvgIpc) is 3.38. The van der Waals surface area contributed by atoms with Crippen LogP contribution < -0.4 is 14.9 Å². The molecule has 1 heterocycles. The monoisotopic (exact) mass is 440 g/mol. The van der Waals surface area contributed by atoms with Crippen LogP contribution in [0, 0.1) is 0 Å². The number of hydrogen-bond donors (Lipinski definition) is 2. The topological polar surface area (TPSA) is 88.6 Å². The molecule has 1 amide bonds. The van der Waals surface area contributed by atoms with Crippen LogP contribution in [0.1, 0.15) is 23.0 Å². The lowest BCUT2D eigenvalue weighted by molar-refractivity contribution is 0.0950. The van der Waals surface area contributed by atoms with Crippen molar-refractivity contribution in [2.45, 2.75) is 6.92 Å². The van der Waals surface area contributed by atoms with E-state index in [0.717, 1.165) is 22.3 Å². The largest absolute Gasteiger partial charge is 0.493 e. The van der Waals surface area contributed by atoms with Gasteiger partial charge in [0.2, 0.25) is 0 Å². The maximum atomic E-state index is 12.6. The number of hydrazone groups is 1. The van der Waals surface area contributed by atoms with Gasteiger partial charge in [0, 0.05) is 11.1 Å². The Morgan fingerprint density at radius 3 is 2.21 bits per heavy atom. The number of carbonyl (C=O) groups is 1. The summed E-state index contributed by atoms with van der Waals surface area (Å²) in [5, 5.41) is 11.3. The Morgan fingerprint density at radius 1 is 0.848 bits per heavy atom. The molecule has 7 nitrogen and oxygen atoms in total. The number of H-pyrrole nitrogens is 1. The fourth-order valence-electron chi connectivity index (χ4n) is 3.37. The van der Waals surface area contributed by atoms with Gasteiger partial charge in [0.25, 0.3) is 5.91 Å². The van der Waals surface area contributed by atoms with E-state index in [2.05, 4.69) is 32.9 Å². The summed E-state index contributed by atoms with van der Waals surface area (Å²) in [6.45, 7) is 1.80. The number of ether oxygens (including phenoxy) is 2. The molecule has 0 aliphatic heterocycles. The molecule has 166 valence electrons. The van der Waals surface area contributed by atoms with Crippen molar-refractivity contribution in [1.82, 2.24) is 15.6 Å². The third kappa shape index (κ3) is 4.93. The summed E-state index contributed by atoms with van der Waals surface area (Å²) in [7, 11) is 3.15. The molecule has 7 heteroatoms. The van der Waals surface area contributed by atoms with Crippen molar-refractivity contribution in [3.8, 4) is 33.9 Å². The molecule has 0 saturated carbocycles. The zero-order chi connectivity index (χ0) is 23.2. The van der Waals surface area contributed by atoms with Gasteiger partial charge in [-0.15, -0.1) is 0 Å². The molecule has 0 atom stereocenters. The minimum Gasteiger partial charge on any atom is -0.493 e. The first-order valence-corrected chi connectivity index (χ1v) is 10.4. The Labute approximate surface area is 192 Å². The summed E-state index contributed by atoms with van der Waals surface area (Å²) in [5.41, 5.74) is 8.17. The molecule has 2 N–H and O–H groups in total. The summed E-state index contributed by atoms with van der Waals surface area (Å²) in [6, 6.07) is 25.3. The van der Waals surface area contributed by atoms with Gasteiger partial charge in [-0.05, 0) is 42.3 Å². The highest BCUT2D eigenvalue weighted by molar-refractivity contribution is 6.01. The van der Waals surface area contributed by atoms with Crippen LogP contribution in [0.4, 0.5) is 0 Å². The molecule has 0 aliphatic carbocycles. The van der Waals surface area contributed by atoms with Crippen molar-refractivity contribution < 1.29 is 14.3 Å². The highest BCUT2D eigenvalue weighted by Crippen LogP contribution is 2.28. The standard InChI is InChI=1S/C26H24N4O3/c1-17(21-13-14-24(32-2)25(15-21)33-3)27-30-26(31)23-16-22(28-29-23)20-11-9-19(10-12-20)18-7-5-4-6-8-18/h4-16H,1-3H3,(H,28,29)(H,30,31)/b27-17-. The van der Waals surface area contributed by atoms with E-state index in [4.69, 9.17) is 9.47 Å². The third-order valence-corrected chi connectivity index (χ3v) is 5.24. The first-order chi connectivity index (χ1) is 16.1. The van der Waals surface area contributed by atoms with Gasteiger partial charge < -0.3 is 9.47 Å². The number of benzene rings is 3. The molecule has 3 aromatic carbocycles. The van der Waals surface area contributed by atoms with Gasteiger partial charge in [0.15, 0.2) is 11.5 Å². The van der Waals surface area contributed by atoms with Crippen molar-refractivity contribution in [2.75, 3.05) is 14.2 Å². The number of rotatable bonds is 7. The molecule has 1 aromatic heterocycles.